The van der Waals surface area contributed by atoms with Crippen LogP contribution in [0, 0.1) is 17.5 Å². The smallest absolute Gasteiger partial charge is 0.243 e. The average Bonchev–Trinajstić information content (AvgIpc) is 2.58. The van der Waals surface area contributed by atoms with Gasteiger partial charge in [0.2, 0.25) is 5.91 Å². The highest BCUT2D eigenvalue weighted by Gasteiger charge is 2.25. The number of halogens is 3. The molecule has 0 aromatic heterocycles. The van der Waals surface area contributed by atoms with Crippen LogP contribution in [-0.4, -0.2) is 18.5 Å². The molecule has 0 aliphatic carbocycles. The zero-order chi connectivity index (χ0) is 17.3. The Kier molecular flexibility index (Phi) is 4.46. The number of para-hydroxylation sites is 1. The molecule has 2 aromatic rings. The first-order chi connectivity index (χ1) is 11.5. The van der Waals surface area contributed by atoms with Crippen LogP contribution in [0.1, 0.15) is 18.9 Å². The number of hydrogen-bond acceptors (Lipinski definition) is 2. The molecule has 0 spiro atoms. The third kappa shape index (κ3) is 3.09. The van der Waals surface area contributed by atoms with Gasteiger partial charge in [-0.3, -0.25) is 4.79 Å². The lowest BCUT2D eigenvalue weighted by atomic mass is 9.96. The Morgan fingerprint density at radius 3 is 2.71 bits per heavy atom. The largest absolute Gasteiger partial charge is 0.359 e. The van der Waals surface area contributed by atoms with Crippen molar-refractivity contribution in [3.63, 3.8) is 0 Å². The second kappa shape index (κ2) is 6.55. The quantitative estimate of drug-likeness (QED) is 0.864. The number of fused-ring (bicyclic) bond motifs is 1. The molecule has 126 valence electrons. The van der Waals surface area contributed by atoms with Gasteiger partial charge in [-0.1, -0.05) is 18.2 Å². The van der Waals surface area contributed by atoms with Crippen LogP contribution < -0.4 is 10.2 Å². The molecular weight excluding hydrogens is 317 g/mol. The van der Waals surface area contributed by atoms with Gasteiger partial charge in [0, 0.05) is 11.7 Å². The molecule has 0 fully saturated rings. The number of amides is 1. The summed E-state index contributed by atoms with van der Waals surface area (Å²) in [6.45, 7) is 2.03. The zero-order valence-corrected chi connectivity index (χ0v) is 13.2. The first-order valence-corrected chi connectivity index (χ1v) is 7.75. The fourth-order valence-corrected chi connectivity index (χ4v) is 2.97. The molecule has 3 nitrogen and oxygen atoms in total. The van der Waals surface area contributed by atoms with Crippen LogP contribution in [-0.2, 0) is 11.2 Å². The number of nitrogens with one attached hydrogen (secondary N) is 1. The summed E-state index contributed by atoms with van der Waals surface area (Å²) in [6.07, 6.45) is 1.84. The van der Waals surface area contributed by atoms with Gasteiger partial charge in [-0.15, -0.1) is 0 Å². The number of carbonyl (C=O) groups is 1. The highest BCUT2D eigenvalue weighted by atomic mass is 19.2. The van der Waals surface area contributed by atoms with Gasteiger partial charge in [0.15, 0.2) is 17.5 Å². The van der Waals surface area contributed by atoms with Crippen molar-refractivity contribution in [2.75, 3.05) is 16.8 Å². The fraction of sp³-hybridized carbons (Fsp3) is 0.278. The molecule has 0 saturated carbocycles. The van der Waals surface area contributed by atoms with Crippen LogP contribution in [0.5, 0.6) is 0 Å². The predicted octanol–water partition coefficient (Wildman–Crippen LogP) is 3.88. The fourth-order valence-electron chi connectivity index (χ4n) is 2.97. The van der Waals surface area contributed by atoms with Crippen molar-refractivity contribution in [2.45, 2.75) is 25.8 Å². The lowest BCUT2D eigenvalue weighted by Gasteiger charge is -2.36. The second-order valence-corrected chi connectivity index (χ2v) is 5.92. The number of carbonyl (C=O) groups excluding carboxylic acids is 1. The van der Waals surface area contributed by atoms with Crippen molar-refractivity contribution in [2.24, 2.45) is 0 Å². The first kappa shape index (κ1) is 16.4. The zero-order valence-electron chi connectivity index (χ0n) is 13.2. The normalized spacial score (nSPS) is 16.7. The Morgan fingerprint density at radius 2 is 1.92 bits per heavy atom. The number of aryl methyl sites for hydroxylation is 1. The van der Waals surface area contributed by atoms with Crippen molar-refractivity contribution in [1.29, 1.82) is 0 Å². The molecule has 1 aliphatic rings. The molecule has 1 atom stereocenters. The maximum atomic E-state index is 13.7. The Balaban J connectivity index is 1.77. The number of anilines is 2. The summed E-state index contributed by atoms with van der Waals surface area (Å²) in [6, 6.07) is 9.75. The van der Waals surface area contributed by atoms with Crippen molar-refractivity contribution < 1.29 is 18.0 Å². The van der Waals surface area contributed by atoms with E-state index in [2.05, 4.69) is 5.32 Å². The minimum absolute atomic E-state index is 0.0105. The molecule has 3 rings (SSSR count). The third-order valence-electron chi connectivity index (χ3n) is 4.29. The van der Waals surface area contributed by atoms with E-state index in [0.717, 1.165) is 36.2 Å². The van der Waals surface area contributed by atoms with E-state index in [1.165, 1.54) is 0 Å². The van der Waals surface area contributed by atoms with Crippen LogP contribution in [0.2, 0.25) is 0 Å². The van der Waals surface area contributed by atoms with Crippen molar-refractivity contribution in [1.82, 2.24) is 0 Å². The second-order valence-electron chi connectivity index (χ2n) is 5.92. The van der Waals surface area contributed by atoms with Crippen molar-refractivity contribution in [3.05, 3.63) is 59.4 Å². The summed E-state index contributed by atoms with van der Waals surface area (Å²) in [5.74, 6) is -4.76. The molecule has 1 N–H and O–H groups in total. The molecule has 1 amide bonds. The maximum Gasteiger partial charge on any atom is 0.243 e. The summed E-state index contributed by atoms with van der Waals surface area (Å²) in [5.41, 5.74) is 1.76. The van der Waals surface area contributed by atoms with Crippen molar-refractivity contribution >= 4 is 17.3 Å². The average molecular weight is 334 g/mol. The van der Waals surface area contributed by atoms with Gasteiger partial charge in [0.25, 0.3) is 0 Å². The predicted molar refractivity (Wildman–Crippen MR) is 86.5 cm³/mol. The number of benzene rings is 2. The molecule has 0 unspecified atom stereocenters. The van der Waals surface area contributed by atoms with Gasteiger partial charge in [0.1, 0.15) is 0 Å². The SMILES string of the molecule is C[C@@H]1CCc2ccccc2N1CC(=O)Nc1ccc(F)c(F)c1F. The van der Waals surface area contributed by atoms with Gasteiger partial charge in [-0.2, -0.15) is 0 Å². The van der Waals surface area contributed by atoms with Crippen LogP contribution in [0.3, 0.4) is 0 Å². The Hall–Kier alpha value is -2.50. The Labute approximate surface area is 138 Å². The van der Waals surface area contributed by atoms with E-state index in [1.807, 2.05) is 36.1 Å². The standard InChI is InChI=1S/C18H17F3N2O/c1-11-6-7-12-4-2-3-5-15(12)23(11)10-16(24)22-14-9-8-13(19)17(20)18(14)21/h2-5,8-9,11H,6-7,10H2,1H3,(H,22,24)/t11-/m1/s1. The van der Waals surface area contributed by atoms with Crippen LogP contribution in [0.15, 0.2) is 36.4 Å². The van der Waals surface area contributed by atoms with Crippen molar-refractivity contribution in [3.8, 4) is 0 Å². The Morgan fingerprint density at radius 1 is 1.17 bits per heavy atom. The summed E-state index contributed by atoms with van der Waals surface area (Å²) in [5, 5.41) is 2.31. The summed E-state index contributed by atoms with van der Waals surface area (Å²) < 4.78 is 39.9. The monoisotopic (exact) mass is 334 g/mol. The van der Waals surface area contributed by atoms with Crippen LogP contribution in [0.4, 0.5) is 24.5 Å². The topological polar surface area (TPSA) is 32.3 Å². The number of rotatable bonds is 3. The molecule has 2 aromatic carbocycles. The first-order valence-electron chi connectivity index (χ1n) is 7.75. The number of nitrogens with zero attached hydrogens (tertiary/aromatic N) is 1. The van der Waals surface area contributed by atoms with E-state index in [0.29, 0.717) is 0 Å². The highest BCUT2D eigenvalue weighted by Crippen LogP contribution is 2.30. The molecule has 24 heavy (non-hydrogen) atoms. The van der Waals surface area contributed by atoms with Gasteiger partial charge in [-0.05, 0) is 43.5 Å². The minimum Gasteiger partial charge on any atom is -0.359 e. The van der Waals surface area contributed by atoms with E-state index in [-0.39, 0.29) is 18.3 Å². The van der Waals surface area contributed by atoms with E-state index >= 15 is 0 Å². The van der Waals surface area contributed by atoms with E-state index in [9.17, 15) is 18.0 Å². The van der Waals surface area contributed by atoms with E-state index in [4.69, 9.17) is 0 Å². The molecule has 0 saturated heterocycles. The van der Waals surface area contributed by atoms with E-state index < -0.39 is 23.4 Å². The minimum atomic E-state index is -1.59. The lowest BCUT2D eigenvalue weighted by Crippen LogP contribution is -2.42. The Bertz CT molecular complexity index is 779. The molecule has 1 heterocycles. The third-order valence-corrected chi connectivity index (χ3v) is 4.29. The van der Waals surface area contributed by atoms with Crippen LogP contribution >= 0.6 is 0 Å². The van der Waals surface area contributed by atoms with Gasteiger partial charge in [-0.25, -0.2) is 13.2 Å². The summed E-state index contributed by atoms with van der Waals surface area (Å²) in [7, 11) is 0. The lowest BCUT2D eigenvalue weighted by molar-refractivity contribution is -0.115. The summed E-state index contributed by atoms with van der Waals surface area (Å²) in [4.78, 5) is 14.2. The molecule has 0 bridgehead atoms. The molecule has 0 radical (unpaired) electrons. The molecule has 1 aliphatic heterocycles. The van der Waals surface area contributed by atoms with Gasteiger partial charge < -0.3 is 10.2 Å². The molecule has 6 heteroatoms. The highest BCUT2D eigenvalue weighted by molar-refractivity contribution is 5.94. The van der Waals surface area contributed by atoms with Gasteiger partial charge >= 0.3 is 0 Å². The van der Waals surface area contributed by atoms with E-state index in [1.54, 1.807) is 0 Å². The van der Waals surface area contributed by atoms with Gasteiger partial charge in [0.05, 0.1) is 12.2 Å². The molecular formula is C18H17F3N2O. The number of hydrogen-bond donors (Lipinski definition) is 1. The maximum absolute atomic E-state index is 13.7. The van der Waals surface area contributed by atoms with Crippen LogP contribution in [0.25, 0.3) is 0 Å². The summed E-state index contributed by atoms with van der Waals surface area (Å²) >= 11 is 0.